The first-order chi connectivity index (χ1) is 11.2. The van der Waals surface area contributed by atoms with Crippen LogP contribution < -0.4 is 4.74 Å². The highest BCUT2D eigenvalue weighted by Gasteiger charge is 2.54. The van der Waals surface area contributed by atoms with Crippen LogP contribution in [0.3, 0.4) is 0 Å². The lowest BCUT2D eigenvalue weighted by Crippen LogP contribution is -2.41. The minimum Gasteiger partial charge on any atom is -0.477 e. The molecule has 2 fully saturated rings. The maximum absolute atomic E-state index is 14.6. The van der Waals surface area contributed by atoms with Crippen molar-refractivity contribution in [2.45, 2.75) is 51.7 Å². The number of ether oxygens (including phenoxy) is 1. The second-order valence-electron chi connectivity index (χ2n) is 7.44. The third-order valence-corrected chi connectivity index (χ3v) is 5.26. The molecule has 3 rings (SSSR count). The molecule has 0 N–H and O–H groups in total. The molecule has 1 aliphatic heterocycles. The smallest absolute Gasteiger partial charge is 0.477 e. The summed E-state index contributed by atoms with van der Waals surface area (Å²) in [5.41, 5.74) is -0.579. The largest absolute Gasteiger partial charge is 0.525 e. The number of pyridine rings is 1. The van der Waals surface area contributed by atoms with Gasteiger partial charge >= 0.3 is 7.12 Å². The molecule has 130 valence electrons. The lowest BCUT2D eigenvalue weighted by atomic mass is 9.73. The van der Waals surface area contributed by atoms with E-state index in [4.69, 9.17) is 25.6 Å². The fraction of sp³-hybridized carbons (Fsp3) is 0.588. The van der Waals surface area contributed by atoms with Gasteiger partial charge < -0.3 is 14.0 Å². The Morgan fingerprint density at radius 1 is 1.29 bits per heavy atom. The maximum Gasteiger partial charge on any atom is 0.525 e. The molecule has 1 saturated heterocycles. The Labute approximate surface area is 147 Å². The summed E-state index contributed by atoms with van der Waals surface area (Å²) < 4.78 is 31.7. The summed E-state index contributed by atoms with van der Waals surface area (Å²) in [6.07, 6.45) is 2.86. The zero-order chi connectivity index (χ0) is 17.5. The van der Waals surface area contributed by atoms with Crippen molar-refractivity contribution in [3.8, 4) is 5.88 Å². The van der Waals surface area contributed by atoms with Crippen LogP contribution >= 0.6 is 11.6 Å². The third-order valence-electron chi connectivity index (χ3n) is 5.04. The zero-order valence-electron chi connectivity index (χ0n) is 14.4. The number of aromatic nitrogens is 1. The molecule has 0 radical (unpaired) electrons. The highest BCUT2D eigenvalue weighted by Crippen LogP contribution is 2.43. The molecule has 0 unspecified atom stereocenters. The van der Waals surface area contributed by atoms with Gasteiger partial charge in [-0.2, -0.15) is 0 Å². The molecular weight excluding hydrogens is 331 g/mol. The van der Waals surface area contributed by atoms with E-state index in [-0.39, 0.29) is 11.6 Å². The Hall–Kier alpha value is -1.11. The van der Waals surface area contributed by atoms with Crippen LogP contribution in [0.5, 0.6) is 5.88 Å². The molecule has 2 aliphatic rings. The predicted molar refractivity (Wildman–Crippen MR) is 91.7 cm³/mol. The predicted octanol–water partition coefficient (Wildman–Crippen LogP) is 4.38. The molecule has 1 saturated carbocycles. The van der Waals surface area contributed by atoms with E-state index in [1.807, 2.05) is 27.7 Å². The van der Waals surface area contributed by atoms with Crippen LogP contribution in [-0.2, 0) is 9.31 Å². The quantitative estimate of drug-likeness (QED) is 0.753. The van der Waals surface area contributed by atoms with Crippen LogP contribution in [0, 0.1) is 5.92 Å². The molecule has 0 spiro atoms. The standard InChI is InChI=1S/C17H22BClFNO3/c1-16(2)17(3,4)24-18(23-16)15(20)12-7-11(8-12)10-22-14-6-5-13(19)9-21-14/h5-6,9,11H,7-8,10H2,1-4H3. The normalized spacial score (nSPS) is 24.7. The van der Waals surface area contributed by atoms with Crippen molar-refractivity contribution in [1.29, 1.82) is 0 Å². The van der Waals surface area contributed by atoms with Crippen LogP contribution in [0.4, 0.5) is 4.39 Å². The van der Waals surface area contributed by atoms with Gasteiger partial charge in [-0.25, -0.2) is 9.37 Å². The number of hydrogen-bond donors (Lipinski definition) is 0. The molecule has 0 aromatic carbocycles. The number of rotatable bonds is 4. The van der Waals surface area contributed by atoms with Gasteiger partial charge in [0.1, 0.15) is 5.73 Å². The second kappa shape index (κ2) is 6.32. The zero-order valence-corrected chi connectivity index (χ0v) is 15.2. The van der Waals surface area contributed by atoms with Crippen LogP contribution in [-0.4, -0.2) is 29.9 Å². The van der Waals surface area contributed by atoms with Gasteiger partial charge in [-0.1, -0.05) is 11.6 Å². The minimum atomic E-state index is -0.898. The van der Waals surface area contributed by atoms with Gasteiger partial charge in [0, 0.05) is 18.2 Å². The van der Waals surface area contributed by atoms with Crippen molar-refractivity contribution in [2.24, 2.45) is 5.92 Å². The fourth-order valence-electron chi connectivity index (χ4n) is 2.71. The van der Waals surface area contributed by atoms with Gasteiger partial charge in [0.05, 0.1) is 22.8 Å². The Bertz CT molecular complexity index is 624. The molecule has 1 aliphatic carbocycles. The highest BCUT2D eigenvalue weighted by atomic mass is 35.5. The molecule has 0 bridgehead atoms. The molecule has 7 heteroatoms. The van der Waals surface area contributed by atoms with Crippen LogP contribution in [0.1, 0.15) is 40.5 Å². The summed E-state index contributed by atoms with van der Waals surface area (Å²) in [5.74, 6) is 0.814. The molecule has 1 aromatic rings. The van der Waals surface area contributed by atoms with Gasteiger partial charge in [-0.3, -0.25) is 0 Å². The van der Waals surface area contributed by atoms with Gasteiger partial charge in [0.2, 0.25) is 5.88 Å². The molecule has 1 aromatic heterocycles. The second-order valence-corrected chi connectivity index (χ2v) is 7.88. The maximum atomic E-state index is 14.6. The summed E-state index contributed by atoms with van der Waals surface area (Å²) in [5, 5.41) is 0.570. The lowest BCUT2D eigenvalue weighted by molar-refractivity contribution is 0.00578. The fourth-order valence-corrected chi connectivity index (χ4v) is 2.83. The SMILES string of the molecule is CC1(C)OB(C(F)=C2CC(COc3ccc(Cl)cn3)C2)OC1(C)C. The summed E-state index contributed by atoms with van der Waals surface area (Å²) in [7, 11) is -0.898. The summed E-state index contributed by atoms with van der Waals surface area (Å²) in [6, 6.07) is 3.45. The molecule has 4 nitrogen and oxygen atoms in total. The van der Waals surface area contributed by atoms with Gasteiger partial charge in [-0.15, -0.1) is 0 Å². The highest BCUT2D eigenvalue weighted by molar-refractivity contribution is 6.53. The van der Waals surface area contributed by atoms with E-state index in [9.17, 15) is 4.39 Å². The number of allylic oxidation sites excluding steroid dienone is 1. The number of nitrogens with zero attached hydrogens (tertiary/aromatic N) is 1. The Kier molecular flexibility index (Phi) is 4.66. The van der Waals surface area contributed by atoms with Crippen molar-refractivity contribution in [3.05, 3.63) is 34.7 Å². The first-order valence-electron chi connectivity index (χ1n) is 8.15. The topological polar surface area (TPSA) is 40.6 Å². The van der Waals surface area contributed by atoms with Gasteiger partial charge in [0.15, 0.2) is 0 Å². The van der Waals surface area contributed by atoms with Gasteiger partial charge in [-0.05, 0) is 52.2 Å². The molecule has 0 amide bonds. The van der Waals surface area contributed by atoms with E-state index in [0.29, 0.717) is 30.4 Å². The summed E-state index contributed by atoms with van der Waals surface area (Å²) in [6.45, 7) is 8.18. The van der Waals surface area contributed by atoms with Crippen molar-refractivity contribution < 1.29 is 18.4 Å². The molecule has 24 heavy (non-hydrogen) atoms. The van der Waals surface area contributed by atoms with Crippen molar-refractivity contribution in [2.75, 3.05) is 6.61 Å². The molecular formula is C17H22BClFNO3. The number of hydrogen-bond acceptors (Lipinski definition) is 4. The lowest BCUT2D eigenvalue weighted by Gasteiger charge is -2.32. The first-order valence-corrected chi connectivity index (χ1v) is 8.53. The molecule has 0 atom stereocenters. The van der Waals surface area contributed by atoms with Crippen molar-refractivity contribution in [3.63, 3.8) is 0 Å². The van der Waals surface area contributed by atoms with E-state index in [2.05, 4.69) is 4.98 Å². The third kappa shape index (κ3) is 3.46. The van der Waals surface area contributed by atoms with Crippen LogP contribution in [0.25, 0.3) is 0 Å². The van der Waals surface area contributed by atoms with Crippen LogP contribution in [0.2, 0.25) is 5.02 Å². The van der Waals surface area contributed by atoms with Crippen molar-refractivity contribution in [1.82, 2.24) is 4.98 Å². The summed E-state index contributed by atoms with van der Waals surface area (Å²) in [4.78, 5) is 4.08. The Morgan fingerprint density at radius 3 is 2.46 bits per heavy atom. The van der Waals surface area contributed by atoms with E-state index in [1.54, 1.807) is 18.3 Å². The van der Waals surface area contributed by atoms with E-state index in [0.717, 1.165) is 5.57 Å². The van der Waals surface area contributed by atoms with Crippen molar-refractivity contribution >= 4 is 18.7 Å². The van der Waals surface area contributed by atoms with Crippen LogP contribution in [0.15, 0.2) is 29.6 Å². The summed E-state index contributed by atoms with van der Waals surface area (Å²) >= 11 is 5.78. The average Bonchev–Trinajstić information content (AvgIpc) is 2.67. The van der Waals surface area contributed by atoms with E-state index >= 15 is 0 Å². The van der Waals surface area contributed by atoms with E-state index in [1.165, 1.54) is 0 Å². The Balaban J connectivity index is 1.52. The first kappa shape index (κ1) is 17.7. The van der Waals surface area contributed by atoms with E-state index < -0.39 is 18.3 Å². The Morgan fingerprint density at radius 2 is 1.92 bits per heavy atom. The van der Waals surface area contributed by atoms with Gasteiger partial charge in [0.25, 0.3) is 0 Å². The molecule has 2 heterocycles. The number of halogens is 2. The monoisotopic (exact) mass is 353 g/mol. The average molecular weight is 354 g/mol. The minimum absolute atomic E-state index is 0.283.